The van der Waals surface area contributed by atoms with Gasteiger partial charge in [0.15, 0.2) is 15.6 Å². The highest BCUT2D eigenvalue weighted by atomic mass is 35.5. The molecule has 0 amide bonds. The number of furan rings is 1. The summed E-state index contributed by atoms with van der Waals surface area (Å²) in [4.78, 5) is 12.8. The van der Waals surface area contributed by atoms with Crippen LogP contribution in [0.1, 0.15) is 39.3 Å². The lowest BCUT2D eigenvalue weighted by molar-refractivity contribution is -0.153. The molecule has 11 heteroatoms. The summed E-state index contributed by atoms with van der Waals surface area (Å²) in [6.07, 6.45) is -4.59. The molecule has 0 bridgehead atoms. The lowest BCUT2D eigenvalue weighted by atomic mass is 9.99. The Morgan fingerprint density at radius 2 is 1.57 bits per heavy atom. The lowest BCUT2D eigenvalue weighted by Gasteiger charge is -2.24. The van der Waals surface area contributed by atoms with Crippen LogP contribution in [0, 0.1) is 20.8 Å². The van der Waals surface area contributed by atoms with E-state index in [1.807, 2.05) is 25.7 Å². The van der Waals surface area contributed by atoms with Crippen LogP contribution in [0.25, 0.3) is 11.1 Å². The molecule has 0 spiro atoms. The highest BCUT2D eigenvalue weighted by Crippen LogP contribution is 2.33. The highest BCUT2D eigenvalue weighted by Gasteiger charge is 2.35. The number of hydrogen-bond acceptors (Lipinski definition) is 5. The monoisotopic (exact) mass is 619 g/mol. The van der Waals surface area contributed by atoms with Gasteiger partial charge < -0.3 is 9.52 Å². The molecule has 0 radical (unpaired) electrons. The number of rotatable bonds is 10. The van der Waals surface area contributed by atoms with Gasteiger partial charge in [-0.15, -0.1) is 0 Å². The fourth-order valence-corrected chi connectivity index (χ4v) is 6.22. The quantitative estimate of drug-likeness (QED) is 0.197. The Kier molecular flexibility index (Phi) is 9.20. The van der Waals surface area contributed by atoms with Crippen LogP contribution in [-0.2, 0) is 40.4 Å². The van der Waals surface area contributed by atoms with Gasteiger partial charge >= 0.3 is 12.1 Å². The summed E-state index contributed by atoms with van der Waals surface area (Å²) in [6.45, 7) is 6.82. The van der Waals surface area contributed by atoms with Crippen molar-refractivity contribution in [1.82, 2.24) is 4.90 Å². The van der Waals surface area contributed by atoms with E-state index in [4.69, 9.17) is 21.1 Å². The molecule has 6 nitrogen and oxygen atoms in total. The minimum Gasteiger partial charge on any atom is -0.480 e. The van der Waals surface area contributed by atoms with Gasteiger partial charge in [0.25, 0.3) is 0 Å². The van der Waals surface area contributed by atoms with E-state index in [2.05, 4.69) is 12.1 Å². The number of benzene rings is 3. The molecule has 0 aliphatic rings. The number of aliphatic carboxylic acids is 1. The third kappa shape index (κ3) is 7.61. The molecule has 0 aliphatic carbocycles. The first-order valence-electron chi connectivity index (χ1n) is 12.9. The van der Waals surface area contributed by atoms with Gasteiger partial charge in [-0.05, 0) is 84.5 Å². The van der Waals surface area contributed by atoms with E-state index in [1.165, 1.54) is 24.3 Å². The second-order valence-electron chi connectivity index (χ2n) is 10.3. The van der Waals surface area contributed by atoms with E-state index >= 15 is 0 Å². The molecular weight excluding hydrogens is 591 g/mol. The molecule has 0 saturated heterocycles. The van der Waals surface area contributed by atoms with Crippen LogP contribution in [0.4, 0.5) is 13.2 Å². The van der Waals surface area contributed by atoms with E-state index < -0.39 is 33.5 Å². The van der Waals surface area contributed by atoms with Gasteiger partial charge in [-0.1, -0.05) is 53.6 Å². The van der Waals surface area contributed by atoms with E-state index in [-0.39, 0.29) is 17.2 Å². The van der Waals surface area contributed by atoms with Crippen molar-refractivity contribution >= 4 is 27.4 Å². The molecule has 0 aliphatic heterocycles. The van der Waals surface area contributed by atoms with E-state index in [9.17, 15) is 26.4 Å². The summed E-state index contributed by atoms with van der Waals surface area (Å²) in [5, 5.41) is 9.32. The molecule has 42 heavy (non-hydrogen) atoms. The van der Waals surface area contributed by atoms with Gasteiger partial charge in [0.05, 0.1) is 11.4 Å². The molecule has 0 unspecified atom stereocenters. The van der Waals surface area contributed by atoms with Gasteiger partial charge in [0, 0.05) is 18.1 Å². The second kappa shape index (κ2) is 12.3. The van der Waals surface area contributed by atoms with E-state index in [1.54, 1.807) is 24.3 Å². The summed E-state index contributed by atoms with van der Waals surface area (Å²) in [5.41, 5.74) is 6.15. The summed E-state index contributed by atoms with van der Waals surface area (Å²) in [7, 11) is -4.02. The van der Waals surface area contributed by atoms with Crippen molar-refractivity contribution in [3.05, 3.63) is 111 Å². The molecule has 222 valence electrons. The maximum atomic E-state index is 13.2. The zero-order valence-corrected chi connectivity index (χ0v) is 24.7. The van der Waals surface area contributed by atoms with Gasteiger partial charge in [0.2, 0.25) is 5.76 Å². The van der Waals surface area contributed by atoms with Crippen molar-refractivity contribution in [2.45, 2.75) is 51.5 Å². The number of carboxylic acid groups (broad SMARTS) is 1. The van der Waals surface area contributed by atoms with Crippen LogP contribution in [-0.4, -0.2) is 30.1 Å². The maximum Gasteiger partial charge on any atom is 0.449 e. The Balaban J connectivity index is 1.64. The van der Waals surface area contributed by atoms with Crippen LogP contribution in [0.15, 0.2) is 76.0 Å². The fourth-order valence-electron chi connectivity index (χ4n) is 4.90. The molecule has 1 N–H and O–H groups in total. The SMILES string of the molecule is Cc1cc(C)c(CN(Cc2ccc(C(F)(F)F)o2)Cc2ccc(-c3cccc(S(=O)(=O)CC(=O)O)c3)cc2Cl)c(C)c1. The third-order valence-corrected chi connectivity index (χ3v) is 8.78. The molecule has 1 heterocycles. The number of aryl methyl sites for hydroxylation is 3. The first-order chi connectivity index (χ1) is 19.6. The van der Waals surface area contributed by atoms with Crippen LogP contribution >= 0.6 is 11.6 Å². The predicted octanol–water partition coefficient (Wildman–Crippen LogP) is 7.60. The topological polar surface area (TPSA) is 87.8 Å². The summed E-state index contributed by atoms with van der Waals surface area (Å²) < 4.78 is 69.4. The van der Waals surface area contributed by atoms with Gasteiger partial charge in [0.1, 0.15) is 5.76 Å². The number of carbonyl (C=O) groups is 1. The number of nitrogens with zero attached hydrogens (tertiary/aromatic N) is 1. The molecule has 0 saturated carbocycles. The fraction of sp³-hybridized carbons (Fsp3) is 0.258. The standard InChI is InChI=1S/C31H29ClF3NO5S/c1-19-11-20(2)27(21(3)12-19)17-36(16-25-9-10-29(41-25)31(33,34)35)15-24-8-7-23(14-28(24)32)22-5-4-6-26(13-22)42(39,40)18-30(37)38/h4-14H,15-18H2,1-3H3,(H,37,38). The molecular formula is C31H29ClF3NO5S. The Labute approximate surface area is 247 Å². The van der Waals surface area contributed by atoms with Gasteiger partial charge in [-0.25, -0.2) is 8.42 Å². The van der Waals surface area contributed by atoms with Crippen molar-refractivity contribution in [2.24, 2.45) is 0 Å². The Hall–Kier alpha value is -3.60. The first kappa shape index (κ1) is 31.3. The summed E-state index contributed by atoms with van der Waals surface area (Å²) in [5.74, 6) is -3.36. The Morgan fingerprint density at radius 1 is 0.905 bits per heavy atom. The third-order valence-electron chi connectivity index (χ3n) is 6.83. The van der Waals surface area contributed by atoms with Crippen LogP contribution in [0.3, 0.4) is 0 Å². The van der Waals surface area contributed by atoms with Gasteiger partial charge in [-0.2, -0.15) is 13.2 Å². The molecule has 3 aromatic carbocycles. The number of halogens is 4. The normalized spacial score (nSPS) is 12.2. The second-order valence-corrected chi connectivity index (χ2v) is 12.7. The molecule has 0 atom stereocenters. The smallest absolute Gasteiger partial charge is 0.449 e. The Bertz CT molecular complexity index is 1710. The average molecular weight is 620 g/mol. The zero-order valence-electron chi connectivity index (χ0n) is 23.1. The van der Waals surface area contributed by atoms with Crippen molar-refractivity contribution in [3.63, 3.8) is 0 Å². The lowest BCUT2D eigenvalue weighted by Crippen LogP contribution is -2.23. The largest absolute Gasteiger partial charge is 0.480 e. The van der Waals surface area contributed by atoms with E-state index in [0.717, 1.165) is 28.3 Å². The van der Waals surface area contributed by atoms with Crippen molar-refractivity contribution in [1.29, 1.82) is 0 Å². The minimum absolute atomic E-state index is 0.102. The maximum absolute atomic E-state index is 13.2. The van der Waals surface area contributed by atoms with E-state index in [0.29, 0.717) is 34.8 Å². The first-order valence-corrected chi connectivity index (χ1v) is 14.9. The number of sulfone groups is 1. The van der Waals surface area contributed by atoms with Crippen molar-refractivity contribution < 1.29 is 35.9 Å². The predicted molar refractivity (Wildman–Crippen MR) is 154 cm³/mol. The van der Waals surface area contributed by atoms with Crippen LogP contribution in [0.2, 0.25) is 5.02 Å². The van der Waals surface area contributed by atoms with Gasteiger partial charge in [-0.3, -0.25) is 9.69 Å². The minimum atomic E-state index is -4.59. The van der Waals surface area contributed by atoms with Crippen molar-refractivity contribution in [3.8, 4) is 11.1 Å². The van der Waals surface area contributed by atoms with Crippen LogP contribution < -0.4 is 0 Å². The summed E-state index contributed by atoms with van der Waals surface area (Å²) in [6, 6.07) is 17.5. The Morgan fingerprint density at radius 3 is 2.17 bits per heavy atom. The summed E-state index contributed by atoms with van der Waals surface area (Å²) >= 11 is 6.68. The molecule has 1 aromatic heterocycles. The zero-order chi connectivity index (χ0) is 30.8. The molecule has 4 rings (SSSR count). The molecule has 4 aromatic rings. The number of carboxylic acids is 1. The average Bonchev–Trinajstić information content (AvgIpc) is 3.36. The number of alkyl halides is 3. The van der Waals surface area contributed by atoms with Crippen LogP contribution in [0.5, 0.6) is 0 Å². The molecule has 0 fully saturated rings. The highest BCUT2D eigenvalue weighted by molar-refractivity contribution is 7.92. The van der Waals surface area contributed by atoms with Crippen molar-refractivity contribution in [2.75, 3.05) is 5.75 Å². The number of hydrogen-bond donors (Lipinski definition) is 1.